The number of hydrogen-bond acceptors (Lipinski definition) is 10. The average Bonchev–Trinajstić information content (AvgIpc) is 3.55. The molecule has 0 radical (unpaired) electrons. The maximum Gasteiger partial charge on any atom is 0.359 e. The zero-order chi connectivity index (χ0) is 36.0. The van der Waals surface area contributed by atoms with Gasteiger partial charge < -0.3 is 19.2 Å². The minimum atomic E-state index is -2.26. The van der Waals surface area contributed by atoms with Gasteiger partial charge >= 0.3 is 5.97 Å². The molecule has 1 aliphatic heterocycles. The van der Waals surface area contributed by atoms with Crippen LogP contribution >= 0.6 is 32.9 Å². The summed E-state index contributed by atoms with van der Waals surface area (Å²) >= 11 is 1.53. The molecule has 2 atom stereocenters. The van der Waals surface area contributed by atoms with E-state index in [2.05, 4.69) is 5.32 Å². The maximum absolute atomic E-state index is 14.5. The van der Waals surface area contributed by atoms with Gasteiger partial charge in [-0.2, -0.15) is 0 Å². The fraction of sp³-hybridized carbons (Fsp3) is 0.211. The van der Waals surface area contributed by atoms with E-state index in [0.717, 1.165) is 25.7 Å². The number of β-lactam (4-membered cyclic amide) rings is 1. The fourth-order valence-electron chi connectivity index (χ4n) is 5.46. The fourth-order valence-corrected chi connectivity index (χ4v) is 10.4. The topological polar surface area (TPSA) is 107 Å². The van der Waals surface area contributed by atoms with E-state index in [-0.39, 0.29) is 18.1 Å². The number of carbonyl (C=O) groups is 3. The summed E-state index contributed by atoms with van der Waals surface area (Å²) in [5, 5.41) is 2.14. The van der Waals surface area contributed by atoms with Crippen LogP contribution in [0.1, 0.15) is 24.2 Å². The van der Waals surface area contributed by atoms with E-state index in [1.54, 1.807) is 19.1 Å². The number of para-hydroxylation sites is 2. The zero-order valence-electron chi connectivity index (χ0n) is 28.5. The molecule has 1 N–H and O–H groups in total. The standard InChI is InChI=1S/C38H37N3O6S3Si/c1-25(47-51(2,3)4)33(37(44)46-34(26-16-8-5-9-17-26)27-18-10-6-11-19-27)41-35(43)32(40-31(42)24-45-28-20-12-7-13-21-28)36(41)49-50-38-39-29-22-14-15-23-30(29)48-38/h5-23,32,34,36H,24H2,1-4H3,(H,40,42)/b33-25+. The summed E-state index contributed by atoms with van der Waals surface area (Å²) in [7, 11) is 0.446. The Morgan fingerprint density at radius 1 is 0.882 bits per heavy atom. The monoisotopic (exact) mass is 755 g/mol. The third-order valence-corrected chi connectivity index (χ3v) is 12.6. The van der Waals surface area contributed by atoms with Crippen LogP contribution in [-0.2, 0) is 23.5 Å². The van der Waals surface area contributed by atoms with Crippen molar-refractivity contribution < 1.29 is 28.3 Å². The number of ether oxygens (including phenoxy) is 2. The molecule has 2 unspecified atom stereocenters. The summed E-state index contributed by atoms with van der Waals surface area (Å²) in [5.41, 5.74) is 2.41. The minimum Gasteiger partial charge on any atom is -0.546 e. The van der Waals surface area contributed by atoms with Crippen LogP contribution in [0, 0.1) is 0 Å². The number of fused-ring (bicyclic) bond motifs is 1. The Hall–Kier alpha value is -4.56. The van der Waals surface area contributed by atoms with Gasteiger partial charge in [0, 0.05) is 0 Å². The Morgan fingerprint density at radius 3 is 2.08 bits per heavy atom. The van der Waals surface area contributed by atoms with Crippen LogP contribution in [0.3, 0.4) is 0 Å². The van der Waals surface area contributed by atoms with Crippen molar-refractivity contribution in [2.75, 3.05) is 6.61 Å². The largest absolute Gasteiger partial charge is 0.546 e. The lowest BCUT2D eigenvalue weighted by Crippen LogP contribution is -2.69. The van der Waals surface area contributed by atoms with Gasteiger partial charge in [-0.3, -0.25) is 14.5 Å². The first-order valence-corrected chi connectivity index (χ1v) is 22.7. The maximum atomic E-state index is 14.5. The Balaban J connectivity index is 1.31. The van der Waals surface area contributed by atoms with Crippen molar-refractivity contribution in [2.45, 2.75) is 48.4 Å². The number of nitrogens with one attached hydrogen (secondary N) is 1. The molecular formula is C38H37N3O6S3Si. The number of likely N-dealkylation sites (tertiary alicyclic amines) is 1. The second-order valence-corrected chi connectivity index (χ2v) is 20.6. The summed E-state index contributed by atoms with van der Waals surface area (Å²) < 4.78 is 20.1. The van der Waals surface area contributed by atoms with E-state index in [9.17, 15) is 14.4 Å². The number of thiazole rings is 1. The second kappa shape index (κ2) is 16.2. The molecule has 9 nitrogen and oxygen atoms in total. The number of allylic oxidation sites excluding steroid dienone is 1. The van der Waals surface area contributed by atoms with Crippen LogP contribution in [0.5, 0.6) is 5.75 Å². The van der Waals surface area contributed by atoms with Crippen molar-refractivity contribution >= 4 is 69.2 Å². The molecule has 1 saturated heterocycles. The van der Waals surface area contributed by atoms with E-state index in [4.69, 9.17) is 18.9 Å². The molecule has 0 bridgehead atoms. The van der Waals surface area contributed by atoms with Crippen LogP contribution in [0.4, 0.5) is 0 Å². The summed E-state index contributed by atoms with van der Waals surface area (Å²) in [6.45, 7) is 7.40. The third kappa shape index (κ3) is 9.03. The van der Waals surface area contributed by atoms with Gasteiger partial charge in [0.1, 0.15) is 22.9 Å². The molecule has 6 rings (SSSR count). The van der Waals surface area contributed by atoms with Gasteiger partial charge in [0.25, 0.3) is 11.8 Å². The first kappa shape index (κ1) is 36.2. The van der Waals surface area contributed by atoms with Crippen molar-refractivity contribution in [3.05, 3.63) is 138 Å². The van der Waals surface area contributed by atoms with E-state index in [1.165, 1.54) is 37.8 Å². The van der Waals surface area contributed by atoms with Crippen LogP contribution in [0.15, 0.2) is 131 Å². The molecule has 0 saturated carbocycles. The Morgan fingerprint density at radius 2 is 1.47 bits per heavy atom. The number of amides is 2. The van der Waals surface area contributed by atoms with Crippen molar-refractivity contribution in [3.63, 3.8) is 0 Å². The number of hydrogen-bond donors (Lipinski definition) is 1. The molecule has 262 valence electrons. The van der Waals surface area contributed by atoms with Crippen LogP contribution in [-0.4, -0.2) is 54.0 Å². The van der Waals surface area contributed by atoms with Crippen LogP contribution in [0.2, 0.25) is 19.6 Å². The van der Waals surface area contributed by atoms with Gasteiger partial charge in [0.05, 0.1) is 10.2 Å². The van der Waals surface area contributed by atoms with E-state index >= 15 is 0 Å². The summed E-state index contributed by atoms with van der Waals surface area (Å²) in [5.74, 6) is -0.842. The summed E-state index contributed by atoms with van der Waals surface area (Å²) in [4.78, 5) is 47.8. The highest BCUT2D eigenvalue weighted by atomic mass is 33.1. The van der Waals surface area contributed by atoms with E-state index in [0.29, 0.717) is 5.75 Å². The SMILES string of the molecule is C/C(O[Si](C)(C)C)=C(/C(=O)OC(c1ccccc1)c1ccccc1)N1C(=O)C(NC(=O)COc2ccccc2)C1SSc1nc2ccccc2s1. The predicted molar refractivity (Wildman–Crippen MR) is 206 cm³/mol. The quantitative estimate of drug-likeness (QED) is 0.0300. The first-order valence-electron chi connectivity index (χ1n) is 16.3. The third-order valence-electron chi connectivity index (χ3n) is 7.62. The summed E-state index contributed by atoms with van der Waals surface area (Å²) in [6, 6.07) is 34.8. The molecule has 2 amide bonds. The van der Waals surface area contributed by atoms with Crippen LogP contribution in [0.25, 0.3) is 10.2 Å². The number of esters is 1. The van der Waals surface area contributed by atoms with Crippen molar-refractivity contribution in [1.29, 1.82) is 0 Å². The number of aromatic nitrogens is 1. The first-order chi connectivity index (χ1) is 24.6. The van der Waals surface area contributed by atoms with Gasteiger partial charge in [0.2, 0.25) is 8.32 Å². The van der Waals surface area contributed by atoms with E-state index in [1.807, 2.05) is 123 Å². The highest BCUT2D eigenvalue weighted by Gasteiger charge is 2.53. The molecule has 1 aliphatic rings. The predicted octanol–water partition coefficient (Wildman–Crippen LogP) is 8.18. The van der Waals surface area contributed by atoms with Crippen molar-refractivity contribution in [1.82, 2.24) is 15.2 Å². The van der Waals surface area contributed by atoms with Crippen LogP contribution < -0.4 is 10.1 Å². The highest BCUT2D eigenvalue weighted by molar-refractivity contribution is 8.77. The van der Waals surface area contributed by atoms with Crippen molar-refractivity contribution in [3.8, 4) is 5.75 Å². The van der Waals surface area contributed by atoms with Gasteiger partial charge in [-0.05, 0) is 72.8 Å². The minimum absolute atomic E-state index is 0.00674. The smallest absolute Gasteiger partial charge is 0.359 e. The number of nitrogens with zero attached hydrogens (tertiary/aromatic N) is 2. The highest BCUT2D eigenvalue weighted by Crippen LogP contribution is 2.46. The molecule has 1 fully saturated rings. The van der Waals surface area contributed by atoms with Gasteiger partial charge in [-0.25, -0.2) is 9.78 Å². The molecule has 4 aromatic carbocycles. The Kier molecular flexibility index (Phi) is 11.5. The normalized spacial score (nSPS) is 16.3. The van der Waals surface area contributed by atoms with Crippen molar-refractivity contribution in [2.24, 2.45) is 0 Å². The lowest BCUT2D eigenvalue weighted by atomic mass is 10.0. The number of benzene rings is 4. The van der Waals surface area contributed by atoms with Gasteiger partial charge in [-0.1, -0.05) is 102 Å². The molecule has 2 heterocycles. The molecular weight excluding hydrogens is 719 g/mol. The second-order valence-electron chi connectivity index (χ2n) is 12.6. The summed E-state index contributed by atoms with van der Waals surface area (Å²) in [6.07, 6.45) is -0.750. The lowest BCUT2D eigenvalue weighted by Gasteiger charge is -2.46. The lowest BCUT2D eigenvalue weighted by molar-refractivity contribution is -0.155. The molecule has 5 aromatic rings. The Bertz CT molecular complexity index is 1950. The molecule has 13 heteroatoms. The number of carbonyl (C=O) groups excluding carboxylic acids is 3. The zero-order valence-corrected chi connectivity index (χ0v) is 31.9. The van der Waals surface area contributed by atoms with Gasteiger partial charge in [-0.15, -0.1) is 11.3 Å². The van der Waals surface area contributed by atoms with Gasteiger partial charge in [0.15, 0.2) is 22.7 Å². The Labute approximate surface area is 309 Å². The molecule has 0 aliphatic carbocycles. The molecule has 51 heavy (non-hydrogen) atoms. The number of rotatable bonds is 14. The van der Waals surface area contributed by atoms with E-state index < -0.39 is 43.6 Å². The molecule has 1 aromatic heterocycles. The molecule has 0 spiro atoms. The average molecular weight is 756 g/mol.